The van der Waals surface area contributed by atoms with Crippen LogP contribution in [0.1, 0.15) is 73.5 Å². The molecule has 0 bridgehead atoms. The Morgan fingerprint density at radius 2 is 1.84 bits per heavy atom. The summed E-state index contributed by atoms with van der Waals surface area (Å²) in [6.45, 7) is 8.65. The summed E-state index contributed by atoms with van der Waals surface area (Å²) >= 11 is 1.16. The maximum absolute atomic E-state index is 13.5. The molecule has 1 saturated carbocycles. The lowest BCUT2D eigenvalue weighted by atomic mass is 9.82. The first-order valence-corrected chi connectivity index (χ1v) is 13.6. The second-order valence-corrected chi connectivity index (χ2v) is 11.0. The number of carboxylic acids is 1. The second kappa shape index (κ2) is 11.3. The summed E-state index contributed by atoms with van der Waals surface area (Å²) in [4.78, 5) is 45.0. The fourth-order valence-corrected chi connectivity index (χ4v) is 5.88. The van der Waals surface area contributed by atoms with Gasteiger partial charge in [0, 0.05) is 29.1 Å². The van der Waals surface area contributed by atoms with Crippen LogP contribution in [-0.2, 0) is 11.3 Å². The number of thiophene rings is 1. The first-order chi connectivity index (χ1) is 17.7. The monoisotopic (exact) mass is 522 g/mol. The predicted octanol–water partition coefficient (Wildman–Crippen LogP) is 6.15. The first-order valence-electron chi connectivity index (χ1n) is 12.8. The van der Waals surface area contributed by atoms with Crippen LogP contribution < -0.4 is 10.2 Å². The minimum Gasteiger partial charge on any atom is -0.477 e. The number of carbonyl (C=O) groups excluding carboxylic acids is 2. The van der Waals surface area contributed by atoms with E-state index in [1.807, 2.05) is 39.0 Å². The summed E-state index contributed by atoms with van der Waals surface area (Å²) < 4.78 is 1.76. The van der Waals surface area contributed by atoms with E-state index in [-0.39, 0.29) is 28.7 Å². The van der Waals surface area contributed by atoms with Crippen LogP contribution in [0.3, 0.4) is 0 Å². The van der Waals surface area contributed by atoms with Gasteiger partial charge in [-0.3, -0.25) is 9.59 Å². The summed E-state index contributed by atoms with van der Waals surface area (Å²) in [5.41, 5.74) is 2.37. The van der Waals surface area contributed by atoms with E-state index in [0.717, 1.165) is 47.5 Å². The van der Waals surface area contributed by atoms with Gasteiger partial charge < -0.3 is 19.9 Å². The molecule has 8 nitrogen and oxygen atoms in total. The zero-order valence-corrected chi connectivity index (χ0v) is 22.5. The molecule has 2 heterocycles. The molecule has 0 atom stereocenters. The quantitative estimate of drug-likeness (QED) is 0.369. The Morgan fingerprint density at radius 3 is 2.43 bits per heavy atom. The standard InChI is InChI=1S/C28H34N4O4S/c1-5-31-16-29-15-23(31)26(33)30-21-12-10-19(11-13-21)24-14-22(25(37-24)28(35)36)32(17(2)3)27(34)20-8-6-18(4)7-9-20/h10-18,20H,5-9H2,1-4H3,(H,30,33)(H,35,36)/t18-,20-. The number of benzene rings is 1. The van der Waals surface area contributed by atoms with Crippen molar-refractivity contribution in [1.82, 2.24) is 9.55 Å². The third-order valence-corrected chi connectivity index (χ3v) is 8.16. The highest BCUT2D eigenvalue weighted by Crippen LogP contribution is 2.40. The Morgan fingerprint density at radius 1 is 1.16 bits per heavy atom. The van der Waals surface area contributed by atoms with E-state index in [1.54, 1.807) is 27.9 Å². The van der Waals surface area contributed by atoms with Gasteiger partial charge in [0.1, 0.15) is 10.6 Å². The summed E-state index contributed by atoms with van der Waals surface area (Å²) in [7, 11) is 0. The lowest BCUT2D eigenvalue weighted by Crippen LogP contribution is -2.42. The van der Waals surface area contributed by atoms with Gasteiger partial charge in [-0.2, -0.15) is 0 Å². The van der Waals surface area contributed by atoms with E-state index < -0.39 is 5.97 Å². The van der Waals surface area contributed by atoms with Crippen LogP contribution in [0.25, 0.3) is 10.4 Å². The Bertz CT molecular complexity index is 1270. The number of nitrogens with one attached hydrogen (secondary N) is 1. The molecule has 1 aromatic carbocycles. The summed E-state index contributed by atoms with van der Waals surface area (Å²) in [5.74, 6) is -0.727. The van der Waals surface area contributed by atoms with E-state index in [0.29, 0.717) is 29.5 Å². The van der Waals surface area contributed by atoms with Crippen LogP contribution in [0.5, 0.6) is 0 Å². The van der Waals surface area contributed by atoms with Gasteiger partial charge in [-0.05, 0) is 76.1 Å². The SMILES string of the molecule is CCn1cncc1C(=O)Nc1ccc(-c2cc(N(C(=O)[C@H]3CC[C@H](C)CC3)C(C)C)c(C(=O)O)s2)cc1. The molecule has 0 aliphatic heterocycles. The Kier molecular flexibility index (Phi) is 8.12. The van der Waals surface area contributed by atoms with Gasteiger partial charge in [-0.15, -0.1) is 11.3 Å². The summed E-state index contributed by atoms with van der Waals surface area (Å²) in [6, 6.07) is 8.91. The topological polar surface area (TPSA) is 105 Å². The normalized spacial score (nSPS) is 17.5. The molecule has 0 spiro atoms. The van der Waals surface area contributed by atoms with Crippen LogP contribution in [0.15, 0.2) is 42.9 Å². The van der Waals surface area contributed by atoms with Gasteiger partial charge in [0.2, 0.25) is 5.91 Å². The molecule has 2 amide bonds. The molecule has 2 N–H and O–H groups in total. The molecule has 0 saturated heterocycles. The molecule has 9 heteroatoms. The molecule has 1 fully saturated rings. The average molecular weight is 523 g/mol. The number of carboxylic acid groups (broad SMARTS) is 1. The number of aromatic nitrogens is 2. The van der Waals surface area contributed by atoms with E-state index >= 15 is 0 Å². The Balaban J connectivity index is 1.58. The van der Waals surface area contributed by atoms with E-state index in [4.69, 9.17) is 0 Å². The van der Waals surface area contributed by atoms with Gasteiger partial charge in [0.25, 0.3) is 5.91 Å². The molecule has 0 radical (unpaired) electrons. The highest BCUT2D eigenvalue weighted by Gasteiger charge is 2.33. The van der Waals surface area contributed by atoms with Crippen molar-refractivity contribution in [2.45, 2.75) is 66.0 Å². The molecule has 4 rings (SSSR count). The number of anilines is 2. The van der Waals surface area contributed by atoms with Crippen LogP contribution >= 0.6 is 11.3 Å². The number of carbonyl (C=O) groups is 3. The van der Waals surface area contributed by atoms with Crippen molar-refractivity contribution < 1.29 is 19.5 Å². The van der Waals surface area contributed by atoms with Crippen molar-refractivity contribution in [2.24, 2.45) is 11.8 Å². The number of hydrogen-bond acceptors (Lipinski definition) is 5. The van der Waals surface area contributed by atoms with E-state index in [1.165, 1.54) is 6.20 Å². The summed E-state index contributed by atoms with van der Waals surface area (Å²) in [6.07, 6.45) is 6.87. The van der Waals surface area contributed by atoms with E-state index in [9.17, 15) is 19.5 Å². The van der Waals surface area contributed by atoms with Gasteiger partial charge >= 0.3 is 5.97 Å². The molecular weight excluding hydrogens is 488 g/mol. The lowest BCUT2D eigenvalue weighted by molar-refractivity contribution is -0.123. The molecule has 1 aliphatic carbocycles. The number of nitrogens with zero attached hydrogens (tertiary/aromatic N) is 3. The number of rotatable bonds is 8. The van der Waals surface area contributed by atoms with Gasteiger partial charge in [0.15, 0.2) is 0 Å². The number of hydrogen-bond donors (Lipinski definition) is 2. The zero-order chi connectivity index (χ0) is 26.7. The molecule has 196 valence electrons. The van der Waals surface area contributed by atoms with Crippen LogP contribution in [0.2, 0.25) is 0 Å². The van der Waals surface area contributed by atoms with Gasteiger partial charge in [-0.25, -0.2) is 9.78 Å². The number of imidazole rings is 1. The molecule has 0 unspecified atom stereocenters. The molecule has 37 heavy (non-hydrogen) atoms. The molecule has 3 aromatic rings. The van der Waals surface area contributed by atoms with Crippen molar-refractivity contribution in [2.75, 3.05) is 10.2 Å². The highest BCUT2D eigenvalue weighted by atomic mass is 32.1. The maximum Gasteiger partial charge on any atom is 0.348 e. The van der Waals surface area contributed by atoms with Crippen molar-refractivity contribution >= 4 is 40.5 Å². The highest BCUT2D eigenvalue weighted by molar-refractivity contribution is 7.18. The van der Waals surface area contributed by atoms with Crippen molar-refractivity contribution in [3.8, 4) is 10.4 Å². The van der Waals surface area contributed by atoms with E-state index in [2.05, 4.69) is 17.2 Å². The maximum atomic E-state index is 13.5. The zero-order valence-electron chi connectivity index (χ0n) is 21.7. The molecule has 2 aromatic heterocycles. The van der Waals surface area contributed by atoms with Gasteiger partial charge in [-0.1, -0.05) is 19.1 Å². The van der Waals surface area contributed by atoms with Crippen LogP contribution in [0.4, 0.5) is 11.4 Å². The average Bonchev–Trinajstić information content (AvgIpc) is 3.52. The molecular formula is C28H34N4O4S. The predicted molar refractivity (Wildman–Crippen MR) is 146 cm³/mol. The second-order valence-electron chi connectivity index (χ2n) is 9.99. The third kappa shape index (κ3) is 5.77. The van der Waals surface area contributed by atoms with Gasteiger partial charge in [0.05, 0.1) is 18.2 Å². The third-order valence-electron chi connectivity index (χ3n) is 7.00. The number of aromatic carboxylic acids is 1. The summed E-state index contributed by atoms with van der Waals surface area (Å²) in [5, 5.41) is 12.9. The van der Waals surface area contributed by atoms with Crippen molar-refractivity contribution in [3.05, 3.63) is 53.4 Å². The van der Waals surface area contributed by atoms with Crippen LogP contribution in [0, 0.1) is 11.8 Å². The lowest BCUT2D eigenvalue weighted by Gasteiger charge is -2.33. The first kappa shape index (κ1) is 26.6. The van der Waals surface area contributed by atoms with Crippen LogP contribution in [-0.4, -0.2) is 38.5 Å². The van der Waals surface area contributed by atoms with Crippen molar-refractivity contribution in [3.63, 3.8) is 0 Å². The Labute approximate surface area is 221 Å². The minimum absolute atomic E-state index is 0.0122. The number of amides is 2. The smallest absolute Gasteiger partial charge is 0.348 e. The fourth-order valence-electron chi connectivity index (χ4n) is 4.89. The Hall–Kier alpha value is -3.46. The fraction of sp³-hybridized carbons (Fsp3) is 0.429. The molecule has 1 aliphatic rings. The minimum atomic E-state index is -1.04. The number of aryl methyl sites for hydroxylation is 1. The largest absolute Gasteiger partial charge is 0.477 e. The van der Waals surface area contributed by atoms with Crippen molar-refractivity contribution in [1.29, 1.82) is 0 Å².